The number of rotatable bonds is 7. The summed E-state index contributed by atoms with van der Waals surface area (Å²) in [7, 11) is 1.83. The lowest BCUT2D eigenvalue weighted by Gasteiger charge is -2.29. The third-order valence-electron chi connectivity index (χ3n) is 3.24. The van der Waals surface area contributed by atoms with Gasteiger partial charge in [-0.25, -0.2) is 9.67 Å². The van der Waals surface area contributed by atoms with Gasteiger partial charge in [-0.05, 0) is 26.2 Å². The van der Waals surface area contributed by atoms with Crippen LogP contribution in [0.15, 0.2) is 11.5 Å². The highest BCUT2D eigenvalue weighted by atomic mass is 32.2. The Bertz CT molecular complexity index is 460. The molecule has 1 aliphatic carbocycles. The van der Waals surface area contributed by atoms with Crippen LogP contribution in [0.25, 0.3) is 0 Å². The number of nitrogens with one attached hydrogen (secondary N) is 1. The summed E-state index contributed by atoms with van der Waals surface area (Å²) in [4.78, 5) is 15.6. The zero-order valence-corrected chi connectivity index (χ0v) is 12.3. The van der Waals surface area contributed by atoms with Crippen LogP contribution in [0.2, 0.25) is 0 Å². The number of aromatic nitrogens is 3. The van der Waals surface area contributed by atoms with Gasteiger partial charge in [0.2, 0.25) is 0 Å². The predicted octanol–water partition coefficient (Wildman–Crippen LogP) is 1.28. The molecule has 0 spiro atoms. The van der Waals surface area contributed by atoms with E-state index < -0.39 is 11.5 Å². The molecule has 0 amide bonds. The third kappa shape index (κ3) is 3.70. The topological polar surface area (TPSA) is 80.0 Å². The molecule has 19 heavy (non-hydrogen) atoms. The Morgan fingerprint density at radius 3 is 2.89 bits per heavy atom. The molecule has 1 aromatic rings. The van der Waals surface area contributed by atoms with Crippen molar-refractivity contribution in [1.82, 2.24) is 20.1 Å². The lowest BCUT2D eigenvalue weighted by atomic mass is 9.96. The molecule has 2 rings (SSSR count). The summed E-state index contributed by atoms with van der Waals surface area (Å²) in [6.07, 6.45) is 4.21. The zero-order chi connectivity index (χ0) is 14.0. The van der Waals surface area contributed by atoms with Crippen LogP contribution in [0, 0.1) is 0 Å². The molecule has 1 aliphatic rings. The van der Waals surface area contributed by atoms with Gasteiger partial charge < -0.3 is 5.11 Å². The number of carboxylic acid groups (broad SMARTS) is 1. The summed E-state index contributed by atoms with van der Waals surface area (Å²) in [6, 6.07) is 0.369. The molecule has 0 aliphatic heterocycles. The fourth-order valence-electron chi connectivity index (χ4n) is 2.08. The van der Waals surface area contributed by atoms with Gasteiger partial charge in [-0.2, -0.15) is 5.10 Å². The van der Waals surface area contributed by atoms with Gasteiger partial charge >= 0.3 is 5.97 Å². The van der Waals surface area contributed by atoms with E-state index >= 15 is 0 Å². The Hall–Kier alpha value is -1.08. The Morgan fingerprint density at radius 2 is 2.42 bits per heavy atom. The molecule has 106 valence electrons. The van der Waals surface area contributed by atoms with Crippen LogP contribution in [-0.4, -0.2) is 42.7 Å². The van der Waals surface area contributed by atoms with E-state index in [4.69, 9.17) is 0 Å². The van der Waals surface area contributed by atoms with Crippen LogP contribution < -0.4 is 5.32 Å². The number of nitrogens with zero attached hydrogens (tertiary/aromatic N) is 3. The minimum absolute atomic E-state index is 0.148. The summed E-state index contributed by atoms with van der Waals surface area (Å²) >= 11 is 1.55. The van der Waals surface area contributed by atoms with Crippen LogP contribution in [0.1, 0.15) is 33.1 Å². The average Bonchev–Trinajstić information content (AvgIpc) is 3.02. The first-order valence-corrected chi connectivity index (χ1v) is 7.30. The van der Waals surface area contributed by atoms with Crippen molar-refractivity contribution in [1.29, 1.82) is 0 Å². The standard InChI is InChI=1S/C12H20N4O2S/c1-8(19-11-13-7-14-16(11)3)6-12(2,10(17)18)15-9-4-5-9/h7-9,15H,4-6H2,1-3H3,(H,17,18). The van der Waals surface area contributed by atoms with E-state index in [2.05, 4.69) is 15.4 Å². The maximum absolute atomic E-state index is 11.5. The fraction of sp³-hybridized carbons (Fsp3) is 0.750. The molecule has 1 fully saturated rings. The summed E-state index contributed by atoms with van der Waals surface area (Å²) < 4.78 is 1.70. The third-order valence-corrected chi connectivity index (χ3v) is 4.39. The molecule has 0 aromatic carbocycles. The highest BCUT2D eigenvalue weighted by molar-refractivity contribution is 7.99. The van der Waals surface area contributed by atoms with Crippen molar-refractivity contribution in [3.63, 3.8) is 0 Å². The van der Waals surface area contributed by atoms with E-state index in [1.807, 2.05) is 14.0 Å². The monoisotopic (exact) mass is 284 g/mol. The normalized spacial score (nSPS) is 19.9. The molecule has 0 saturated heterocycles. The van der Waals surface area contributed by atoms with Gasteiger partial charge in [0.25, 0.3) is 0 Å². The summed E-state index contributed by atoms with van der Waals surface area (Å²) in [5.41, 5.74) is -0.869. The van der Waals surface area contributed by atoms with Crippen molar-refractivity contribution in [2.24, 2.45) is 7.05 Å². The molecule has 2 unspecified atom stereocenters. The molecule has 1 aromatic heterocycles. The molecular formula is C12H20N4O2S. The van der Waals surface area contributed by atoms with E-state index in [1.54, 1.807) is 23.4 Å². The van der Waals surface area contributed by atoms with Crippen molar-refractivity contribution in [3.05, 3.63) is 6.33 Å². The summed E-state index contributed by atoms with van der Waals surface area (Å²) in [5, 5.41) is 17.6. The van der Waals surface area contributed by atoms with E-state index in [9.17, 15) is 9.90 Å². The van der Waals surface area contributed by atoms with E-state index in [0.29, 0.717) is 12.5 Å². The largest absolute Gasteiger partial charge is 0.480 e. The quantitative estimate of drug-likeness (QED) is 0.734. The van der Waals surface area contributed by atoms with Gasteiger partial charge in [0.15, 0.2) is 5.16 Å². The fourth-order valence-corrected chi connectivity index (χ4v) is 3.16. The van der Waals surface area contributed by atoms with Crippen LogP contribution >= 0.6 is 11.8 Å². The van der Waals surface area contributed by atoms with Crippen molar-refractivity contribution >= 4 is 17.7 Å². The SMILES string of the molecule is CC(CC(C)(NC1CC1)C(=O)O)Sc1ncnn1C. The first-order chi connectivity index (χ1) is 8.90. The molecule has 2 N–H and O–H groups in total. The maximum atomic E-state index is 11.5. The minimum Gasteiger partial charge on any atom is -0.480 e. The molecule has 7 heteroatoms. The predicted molar refractivity (Wildman–Crippen MR) is 73.1 cm³/mol. The summed E-state index contributed by atoms with van der Waals surface area (Å²) in [5.74, 6) is -0.787. The number of thioether (sulfide) groups is 1. The first-order valence-electron chi connectivity index (χ1n) is 6.42. The van der Waals surface area contributed by atoms with Gasteiger partial charge in [0, 0.05) is 18.3 Å². The van der Waals surface area contributed by atoms with E-state index in [1.165, 1.54) is 6.33 Å². The van der Waals surface area contributed by atoms with Crippen molar-refractivity contribution in [2.45, 2.75) is 55.1 Å². The minimum atomic E-state index is -0.869. The lowest BCUT2D eigenvalue weighted by molar-refractivity contribution is -0.144. The number of aliphatic carboxylic acids is 1. The van der Waals surface area contributed by atoms with Gasteiger partial charge in [0.1, 0.15) is 11.9 Å². The van der Waals surface area contributed by atoms with Gasteiger partial charge in [-0.15, -0.1) is 0 Å². The Kier molecular flexibility index (Phi) is 4.15. The van der Waals surface area contributed by atoms with Crippen LogP contribution in [0.5, 0.6) is 0 Å². The first kappa shape index (κ1) is 14.3. The number of hydrogen-bond donors (Lipinski definition) is 2. The smallest absolute Gasteiger partial charge is 0.323 e. The molecule has 0 radical (unpaired) electrons. The highest BCUT2D eigenvalue weighted by Gasteiger charge is 2.39. The number of carboxylic acids is 1. The lowest BCUT2D eigenvalue weighted by Crippen LogP contribution is -2.52. The second-order valence-electron chi connectivity index (χ2n) is 5.35. The molecule has 1 saturated carbocycles. The van der Waals surface area contributed by atoms with Crippen LogP contribution in [-0.2, 0) is 11.8 Å². The van der Waals surface area contributed by atoms with Crippen molar-refractivity contribution in [2.75, 3.05) is 0 Å². The molecular weight excluding hydrogens is 264 g/mol. The Labute approximate surface area is 117 Å². The van der Waals surface area contributed by atoms with Crippen molar-refractivity contribution < 1.29 is 9.90 Å². The van der Waals surface area contributed by atoms with Crippen LogP contribution in [0.4, 0.5) is 0 Å². The van der Waals surface area contributed by atoms with Gasteiger partial charge in [-0.1, -0.05) is 18.7 Å². The second-order valence-corrected chi connectivity index (χ2v) is 6.76. The summed E-state index contributed by atoms with van der Waals surface area (Å²) in [6.45, 7) is 3.79. The Morgan fingerprint density at radius 1 is 1.74 bits per heavy atom. The molecule has 6 nitrogen and oxygen atoms in total. The van der Waals surface area contributed by atoms with Crippen molar-refractivity contribution in [3.8, 4) is 0 Å². The van der Waals surface area contributed by atoms with E-state index in [0.717, 1.165) is 18.0 Å². The molecule has 1 heterocycles. The Balaban J connectivity index is 1.96. The highest BCUT2D eigenvalue weighted by Crippen LogP contribution is 2.30. The maximum Gasteiger partial charge on any atom is 0.323 e. The van der Waals surface area contributed by atoms with Crippen LogP contribution in [0.3, 0.4) is 0 Å². The van der Waals surface area contributed by atoms with Gasteiger partial charge in [0.05, 0.1) is 0 Å². The van der Waals surface area contributed by atoms with Gasteiger partial charge in [-0.3, -0.25) is 10.1 Å². The average molecular weight is 284 g/mol. The van der Waals surface area contributed by atoms with E-state index in [-0.39, 0.29) is 5.25 Å². The molecule has 0 bridgehead atoms. The molecule has 2 atom stereocenters. The number of hydrogen-bond acceptors (Lipinski definition) is 5. The number of aryl methyl sites for hydroxylation is 1. The second kappa shape index (κ2) is 5.50. The zero-order valence-electron chi connectivity index (χ0n) is 11.5. The number of carbonyl (C=O) groups is 1.